The monoisotopic (exact) mass is 229 g/mol. The molecule has 0 aliphatic heterocycles. The van der Waals surface area contributed by atoms with Crippen LogP contribution < -0.4 is 4.72 Å². The number of nitrogens with zero attached hydrogens (tertiary/aromatic N) is 1. The Morgan fingerprint density at radius 2 is 2.20 bits per heavy atom. The molecule has 0 fully saturated rings. The molecule has 0 atom stereocenters. The fourth-order valence-electron chi connectivity index (χ4n) is 1.30. The molecule has 0 unspecified atom stereocenters. The van der Waals surface area contributed by atoms with E-state index < -0.39 is 10.0 Å². The van der Waals surface area contributed by atoms with Crippen molar-refractivity contribution in [3.8, 4) is 0 Å². The van der Waals surface area contributed by atoms with Crippen LogP contribution in [0.4, 0.5) is 0 Å². The second-order valence-corrected chi connectivity index (χ2v) is 4.94. The zero-order chi connectivity index (χ0) is 11.5. The van der Waals surface area contributed by atoms with Gasteiger partial charge in [-0.1, -0.05) is 6.08 Å². The molecule has 5 nitrogen and oxygen atoms in total. The van der Waals surface area contributed by atoms with Gasteiger partial charge < -0.3 is 0 Å². The van der Waals surface area contributed by atoms with Gasteiger partial charge in [0.2, 0.25) is 10.0 Å². The SMILES string of the molecule is C=CCCNS(=O)(=O)c1c(C)n[nH]c1C. The highest BCUT2D eigenvalue weighted by Crippen LogP contribution is 2.15. The van der Waals surface area contributed by atoms with E-state index in [0.29, 0.717) is 24.4 Å². The molecule has 84 valence electrons. The molecule has 0 radical (unpaired) electrons. The quantitative estimate of drug-likeness (QED) is 0.581. The average Bonchev–Trinajstić information content (AvgIpc) is 2.46. The maximum atomic E-state index is 11.8. The van der Waals surface area contributed by atoms with Crippen LogP contribution in [0.25, 0.3) is 0 Å². The summed E-state index contributed by atoms with van der Waals surface area (Å²) in [6, 6.07) is 0. The first-order valence-electron chi connectivity index (χ1n) is 4.61. The van der Waals surface area contributed by atoms with Crippen LogP contribution in [0, 0.1) is 13.8 Å². The summed E-state index contributed by atoms with van der Waals surface area (Å²) in [5, 5.41) is 6.49. The maximum absolute atomic E-state index is 11.8. The summed E-state index contributed by atoms with van der Waals surface area (Å²) in [7, 11) is -3.44. The third-order valence-electron chi connectivity index (χ3n) is 1.97. The van der Waals surface area contributed by atoms with Crippen molar-refractivity contribution in [1.29, 1.82) is 0 Å². The lowest BCUT2D eigenvalue weighted by molar-refractivity contribution is 0.581. The fraction of sp³-hybridized carbons (Fsp3) is 0.444. The van der Waals surface area contributed by atoms with Crippen LogP contribution >= 0.6 is 0 Å². The summed E-state index contributed by atoms with van der Waals surface area (Å²) in [5.74, 6) is 0. The molecule has 15 heavy (non-hydrogen) atoms. The lowest BCUT2D eigenvalue weighted by Gasteiger charge is -2.04. The molecule has 1 rings (SSSR count). The van der Waals surface area contributed by atoms with Gasteiger partial charge in [0.15, 0.2) is 0 Å². The van der Waals surface area contributed by atoms with Crippen LogP contribution in [-0.2, 0) is 10.0 Å². The molecule has 0 saturated carbocycles. The van der Waals surface area contributed by atoms with E-state index in [0.717, 1.165) is 0 Å². The lowest BCUT2D eigenvalue weighted by atomic mass is 10.4. The average molecular weight is 229 g/mol. The molecule has 0 spiro atoms. The Bertz CT molecular complexity index is 428. The van der Waals surface area contributed by atoms with E-state index in [1.165, 1.54) is 0 Å². The van der Waals surface area contributed by atoms with Gasteiger partial charge >= 0.3 is 0 Å². The van der Waals surface area contributed by atoms with Crippen LogP contribution in [0.5, 0.6) is 0 Å². The molecule has 0 saturated heterocycles. The third-order valence-corrected chi connectivity index (χ3v) is 3.69. The van der Waals surface area contributed by atoms with Crippen molar-refractivity contribution in [3.05, 3.63) is 24.0 Å². The molecule has 2 N–H and O–H groups in total. The molecule has 0 aliphatic carbocycles. The summed E-state index contributed by atoms with van der Waals surface area (Å²) in [4.78, 5) is 0.242. The number of H-pyrrole nitrogens is 1. The summed E-state index contributed by atoms with van der Waals surface area (Å²) in [6.45, 7) is 7.22. The van der Waals surface area contributed by atoms with Crippen molar-refractivity contribution >= 4 is 10.0 Å². The van der Waals surface area contributed by atoms with Gasteiger partial charge in [-0.15, -0.1) is 6.58 Å². The van der Waals surface area contributed by atoms with Crippen molar-refractivity contribution < 1.29 is 8.42 Å². The van der Waals surface area contributed by atoms with Crippen molar-refractivity contribution in [3.63, 3.8) is 0 Å². The Labute approximate surface area is 89.6 Å². The highest BCUT2D eigenvalue weighted by atomic mass is 32.2. The number of nitrogens with one attached hydrogen (secondary N) is 2. The van der Waals surface area contributed by atoms with Crippen LogP contribution in [0.1, 0.15) is 17.8 Å². The summed E-state index contributed by atoms with van der Waals surface area (Å²) in [6.07, 6.45) is 2.27. The van der Waals surface area contributed by atoms with Gasteiger partial charge in [-0.2, -0.15) is 5.10 Å². The van der Waals surface area contributed by atoms with Crippen molar-refractivity contribution in [2.75, 3.05) is 6.54 Å². The van der Waals surface area contributed by atoms with E-state index in [2.05, 4.69) is 21.5 Å². The van der Waals surface area contributed by atoms with Gasteiger partial charge in [0.05, 0.1) is 11.4 Å². The second-order valence-electron chi connectivity index (χ2n) is 3.24. The Balaban J connectivity index is 2.91. The van der Waals surface area contributed by atoms with E-state index in [4.69, 9.17) is 0 Å². The standard InChI is InChI=1S/C9H15N3O2S/c1-4-5-6-10-15(13,14)9-7(2)11-12-8(9)3/h4,10H,1,5-6H2,2-3H3,(H,11,12). The minimum Gasteiger partial charge on any atom is -0.281 e. The lowest BCUT2D eigenvalue weighted by Crippen LogP contribution is -2.25. The van der Waals surface area contributed by atoms with E-state index >= 15 is 0 Å². The maximum Gasteiger partial charge on any atom is 0.244 e. The topological polar surface area (TPSA) is 74.8 Å². The molecule has 6 heteroatoms. The molecule has 1 aromatic rings. The number of hydrogen-bond donors (Lipinski definition) is 2. The largest absolute Gasteiger partial charge is 0.281 e. The van der Waals surface area contributed by atoms with Crippen molar-refractivity contribution in [2.45, 2.75) is 25.2 Å². The molecule has 0 amide bonds. The Hall–Kier alpha value is -1.14. The van der Waals surface area contributed by atoms with Crippen LogP contribution in [-0.4, -0.2) is 25.2 Å². The zero-order valence-corrected chi connectivity index (χ0v) is 9.69. The van der Waals surface area contributed by atoms with E-state index in [1.54, 1.807) is 19.9 Å². The van der Waals surface area contributed by atoms with Gasteiger partial charge in [-0.25, -0.2) is 13.1 Å². The van der Waals surface area contributed by atoms with E-state index in [9.17, 15) is 8.42 Å². The molecule has 0 bridgehead atoms. The Morgan fingerprint density at radius 1 is 1.53 bits per heavy atom. The molecular weight excluding hydrogens is 214 g/mol. The van der Waals surface area contributed by atoms with Crippen molar-refractivity contribution in [1.82, 2.24) is 14.9 Å². The van der Waals surface area contributed by atoms with Gasteiger partial charge in [-0.3, -0.25) is 5.10 Å². The van der Waals surface area contributed by atoms with E-state index in [1.807, 2.05) is 0 Å². The fourth-order valence-corrected chi connectivity index (χ4v) is 2.72. The van der Waals surface area contributed by atoms with Crippen LogP contribution in [0.15, 0.2) is 17.6 Å². The molecular formula is C9H15N3O2S. The first kappa shape index (κ1) is 11.9. The first-order chi connectivity index (χ1) is 6.99. The zero-order valence-electron chi connectivity index (χ0n) is 8.87. The van der Waals surface area contributed by atoms with Gasteiger partial charge in [-0.05, 0) is 20.3 Å². The first-order valence-corrected chi connectivity index (χ1v) is 6.09. The second kappa shape index (κ2) is 4.59. The highest BCUT2D eigenvalue weighted by Gasteiger charge is 2.21. The number of aryl methyl sites for hydroxylation is 2. The number of sulfonamides is 1. The number of rotatable bonds is 5. The number of aromatic nitrogens is 2. The minimum absolute atomic E-state index is 0.242. The molecule has 1 aromatic heterocycles. The van der Waals surface area contributed by atoms with Crippen LogP contribution in [0.3, 0.4) is 0 Å². The van der Waals surface area contributed by atoms with Crippen LogP contribution in [0.2, 0.25) is 0 Å². The predicted octanol–water partition coefficient (Wildman–Crippen LogP) is 0.881. The Morgan fingerprint density at radius 3 is 2.67 bits per heavy atom. The summed E-state index contributed by atoms with van der Waals surface area (Å²) < 4.78 is 26.1. The smallest absolute Gasteiger partial charge is 0.244 e. The minimum atomic E-state index is -3.44. The molecule has 0 aliphatic rings. The highest BCUT2D eigenvalue weighted by molar-refractivity contribution is 7.89. The number of hydrogen-bond acceptors (Lipinski definition) is 3. The summed E-state index contributed by atoms with van der Waals surface area (Å²) >= 11 is 0. The van der Waals surface area contributed by atoms with Gasteiger partial charge in [0, 0.05) is 6.54 Å². The van der Waals surface area contributed by atoms with Gasteiger partial charge in [0.1, 0.15) is 4.90 Å². The Kier molecular flexibility index (Phi) is 3.65. The molecule has 1 heterocycles. The predicted molar refractivity (Wildman–Crippen MR) is 58.1 cm³/mol. The van der Waals surface area contributed by atoms with E-state index in [-0.39, 0.29) is 4.90 Å². The number of aromatic amines is 1. The summed E-state index contributed by atoms with van der Waals surface area (Å²) in [5.41, 5.74) is 1.04. The molecule has 0 aromatic carbocycles. The third kappa shape index (κ3) is 2.66. The normalized spacial score (nSPS) is 11.6. The van der Waals surface area contributed by atoms with Gasteiger partial charge in [0.25, 0.3) is 0 Å². The van der Waals surface area contributed by atoms with Crippen molar-refractivity contribution in [2.24, 2.45) is 0 Å².